The molecule has 132 valence electrons. The summed E-state index contributed by atoms with van der Waals surface area (Å²) in [5.74, 6) is -0.687. The number of hydrogen-bond acceptors (Lipinski definition) is 5. The second-order valence-corrected chi connectivity index (χ2v) is 7.52. The number of halogens is 1. The molecule has 6 nitrogen and oxygen atoms in total. The predicted molar refractivity (Wildman–Crippen MR) is 101 cm³/mol. The summed E-state index contributed by atoms with van der Waals surface area (Å²) in [5.41, 5.74) is 2.48. The summed E-state index contributed by atoms with van der Waals surface area (Å²) in [4.78, 5) is 24.3. The minimum absolute atomic E-state index is 0.121. The van der Waals surface area contributed by atoms with Gasteiger partial charge in [-0.2, -0.15) is 5.10 Å². The van der Waals surface area contributed by atoms with Crippen LogP contribution in [0.15, 0.2) is 58.1 Å². The molecule has 0 aliphatic carbocycles. The van der Waals surface area contributed by atoms with Crippen LogP contribution in [-0.2, 0) is 4.79 Å². The average molecular weight is 414 g/mol. The van der Waals surface area contributed by atoms with E-state index in [0.29, 0.717) is 0 Å². The maximum absolute atomic E-state index is 12.5. The molecule has 0 amide bonds. The van der Waals surface area contributed by atoms with Gasteiger partial charge in [-0.15, -0.1) is 0 Å². The second-order valence-electron chi connectivity index (χ2n) is 6.61. The van der Waals surface area contributed by atoms with Gasteiger partial charge >= 0.3 is 0 Å². The number of carbonyl (C=O) groups is 1. The maximum Gasteiger partial charge on any atom is 0.248 e. The zero-order valence-electron chi connectivity index (χ0n) is 13.9. The third kappa shape index (κ3) is 2.54. The highest BCUT2D eigenvalue weighted by atomic mass is 79.9. The van der Waals surface area contributed by atoms with E-state index in [1.165, 1.54) is 6.92 Å². The Morgan fingerprint density at radius 1 is 1.19 bits per heavy atom. The van der Waals surface area contributed by atoms with Crippen molar-refractivity contribution in [3.63, 3.8) is 0 Å². The smallest absolute Gasteiger partial charge is 0.248 e. The van der Waals surface area contributed by atoms with Gasteiger partial charge in [0.15, 0.2) is 5.78 Å². The van der Waals surface area contributed by atoms with Crippen LogP contribution < -0.4 is 0 Å². The molecule has 0 spiro atoms. The fraction of sp³-hybridized carbons (Fsp3) is 0.263. The van der Waals surface area contributed by atoms with Crippen LogP contribution in [0.2, 0.25) is 0 Å². The Hall–Kier alpha value is -2.54. The van der Waals surface area contributed by atoms with Crippen LogP contribution >= 0.6 is 15.9 Å². The Balaban J connectivity index is 1.91. The molecule has 4 rings (SSSR count). The summed E-state index contributed by atoms with van der Waals surface area (Å²) in [7, 11) is 0. The molecule has 2 heterocycles. The number of nitrogens with zero attached hydrogens (tertiary/aromatic N) is 3. The molecule has 0 radical (unpaired) electrons. The van der Waals surface area contributed by atoms with Gasteiger partial charge in [0.1, 0.15) is 12.1 Å². The average Bonchev–Trinajstić information content (AvgIpc) is 2.98. The van der Waals surface area contributed by atoms with Gasteiger partial charge in [0, 0.05) is 15.0 Å². The van der Waals surface area contributed by atoms with Gasteiger partial charge in [0.05, 0.1) is 12.1 Å². The fourth-order valence-electron chi connectivity index (χ4n) is 4.12. The number of hydrogen-bond donors (Lipinski definition) is 0. The van der Waals surface area contributed by atoms with Gasteiger partial charge in [0.2, 0.25) is 6.04 Å². The van der Waals surface area contributed by atoms with Crippen LogP contribution in [-0.4, -0.2) is 34.0 Å². The summed E-state index contributed by atoms with van der Waals surface area (Å²) in [6.07, 6.45) is 1.68. The highest BCUT2D eigenvalue weighted by molar-refractivity contribution is 9.10. The van der Waals surface area contributed by atoms with E-state index in [1.807, 2.05) is 48.5 Å². The number of benzene rings is 2. The molecule has 0 aromatic heterocycles. The summed E-state index contributed by atoms with van der Waals surface area (Å²) in [5, 5.41) is 18.2. The minimum atomic E-state index is -0.955. The van der Waals surface area contributed by atoms with Crippen LogP contribution in [0.3, 0.4) is 0 Å². The Kier molecular flexibility index (Phi) is 4.11. The Morgan fingerprint density at radius 2 is 1.88 bits per heavy atom. The lowest BCUT2D eigenvalue weighted by atomic mass is 9.84. The molecular weight excluding hydrogens is 398 g/mol. The Bertz CT molecular complexity index is 913. The Labute approximate surface area is 158 Å². The molecule has 2 aromatic rings. The van der Waals surface area contributed by atoms with E-state index in [0.717, 1.165) is 21.2 Å². The van der Waals surface area contributed by atoms with Gasteiger partial charge < -0.3 is 0 Å². The summed E-state index contributed by atoms with van der Waals surface area (Å²) in [6.45, 7) is 1.48. The van der Waals surface area contributed by atoms with Gasteiger partial charge in [-0.3, -0.25) is 19.9 Å². The predicted octanol–water partition coefficient (Wildman–Crippen LogP) is 3.54. The lowest BCUT2D eigenvalue weighted by Crippen LogP contribution is -2.36. The molecule has 2 aromatic carbocycles. The quantitative estimate of drug-likeness (QED) is 0.569. The monoisotopic (exact) mass is 413 g/mol. The van der Waals surface area contributed by atoms with E-state index in [9.17, 15) is 14.9 Å². The van der Waals surface area contributed by atoms with Crippen LogP contribution in [0.25, 0.3) is 0 Å². The number of nitro groups is 1. The molecule has 7 heteroatoms. The normalized spacial score (nSPS) is 26.3. The molecule has 2 aliphatic rings. The van der Waals surface area contributed by atoms with Crippen molar-refractivity contribution in [3.8, 4) is 0 Å². The SMILES string of the molecule is CC(=O)C1C(c2ccc(Br)cc2)C([N+](=O)[O-])C2c3ccccc3C=NN12. The van der Waals surface area contributed by atoms with Crippen molar-refractivity contribution in [2.24, 2.45) is 5.10 Å². The first-order valence-electron chi connectivity index (χ1n) is 8.29. The number of carbonyl (C=O) groups excluding carboxylic acids is 1. The largest absolute Gasteiger partial charge is 0.298 e. The molecule has 4 atom stereocenters. The van der Waals surface area contributed by atoms with E-state index in [4.69, 9.17) is 0 Å². The lowest BCUT2D eigenvalue weighted by Gasteiger charge is -2.30. The third-order valence-corrected chi connectivity index (χ3v) is 5.69. The Morgan fingerprint density at radius 3 is 2.54 bits per heavy atom. The molecular formula is C19H16BrN3O3. The van der Waals surface area contributed by atoms with Gasteiger partial charge in [-0.05, 0) is 30.2 Å². The van der Waals surface area contributed by atoms with Crippen molar-refractivity contribution in [1.29, 1.82) is 0 Å². The third-order valence-electron chi connectivity index (χ3n) is 5.16. The van der Waals surface area contributed by atoms with Crippen LogP contribution in [0.4, 0.5) is 0 Å². The molecule has 4 unspecified atom stereocenters. The van der Waals surface area contributed by atoms with Crippen molar-refractivity contribution in [1.82, 2.24) is 5.01 Å². The zero-order valence-corrected chi connectivity index (χ0v) is 15.5. The molecule has 0 saturated carbocycles. The van der Waals surface area contributed by atoms with Crippen molar-refractivity contribution < 1.29 is 9.72 Å². The number of fused-ring (bicyclic) bond motifs is 3. The summed E-state index contributed by atoms with van der Waals surface area (Å²) < 4.78 is 0.886. The van der Waals surface area contributed by atoms with Crippen LogP contribution in [0.5, 0.6) is 0 Å². The molecule has 1 saturated heterocycles. The first kappa shape index (κ1) is 16.9. The van der Waals surface area contributed by atoms with Gasteiger partial charge in [-0.1, -0.05) is 52.3 Å². The standard InChI is InChI=1S/C19H16BrN3O3/c1-11(24)17-16(12-6-8-14(20)9-7-12)19(23(25)26)18-15-5-3-2-4-13(15)10-21-22(17)18/h2-10,16-19H,1H3. The van der Waals surface area contributed by atoms with Crippen molar-refractivity contribution in [2.45, 2.75) is 31.0 Å². The summed E-state index contributed by atoms with van der Waals surface area (Å²) in [6, 6.07) is 12.7. The molecule has 2 aliphatic heterocycles. The van der Waals surface area contributed by atoms with Crippen molar-refractivity contribution in [3.05, 3.63) is 79.8 Å². The van der Waals surface area contributed by atoms with Crippen molar-refractivity contribution in [2.75, 3.05) is 0 Å². The van der Waals surface area contributed by atoms with E-state index < -0.39 is 24.0 Å². The fourth-order valence-corrected chi connectivity index (χ4v) is 4.39. The highest BCUT2D eigenvalue weighted by Gasteiger charge is 2.59. The molecule has 26 heavy (non-hydrogen) atoms. The van der Waals surface area contributed by atoms with E-state index in [2.05, 4.69) is 21.0 Å². The zero-order chi connectivity index (χ0) is 18.4. The summed E-state index contributed by atoms with van der Waals surface area (Å²) >= 11 is 3.39. The van der Waals surface area contributed by atoms with Gasteiger partial charge in [0.25, 0.3) is 0 Å². The maximum atomic E-state index is 12.5. The first-order valence-corrected chi connectivity index (χ1v) is 9.09. The van der Waals surface area contributed by atoms with Crippen LogP contribution in [0.1, 0.15) is 35.6 Å². The first-order chi connectivity index (χ1) is 12.5. The van der Waals surface area contributed by atoms with E-state index in [-0.39, 0.29) is 10.7 Å². The lowest BCUT2D eigenvalue weighted by molar-refractivity contribution is -0.529. The topological polar surface area (TPSA) is 75.8 Å². The molecule has 0 bridgehead atoms. The number of hydrazone groups is 1. The number of Topliss-reactive ketones (excluding diaryl/α,β-unsaturated/α-hetero) is 1. The number of ketones is 1. The van der Waals surface area contributed by atoms with Crippen LogP contribution in [0, 0.1) is 10.1 Å². The van der Waals surface area contributed by atoms with E-state index >= 15 is 0 Å². The minimum Gasteiger partial charge on any atom is -0.298 e. The highest BCUT2D eigenvalue weighted by Crippen LogP contribution is 2.49. The van der Waals surface area contributed by atoms with Crippen molar-refractivity contribution >= 4 is 27.9 Å². The van der Waals surface area contributed by atoms with E-state index in [1.54, 1.807) is 11.2 Å². The van der Waals surface area contributed by atoms with Gasteiger partial charge in [-0.25, -0.2) is 0 Å². The molecule has 1 fully saturated rings. The molecule has 0 N–H and O–H groups in total. The number of rotatable bonds is 3. The second kappa shape index (κ2) is 6.32.